The Bertz CT molecular complexity index is 174. The fourth-order valence-corrected chi connectivity index (χ4v) is 3.29. The van der Waals surface area contributed by atoms with Crippen LogP contribution < -0.4 is 6.15 Å². The van der Waals surface area contributed by atoms with Crippen molar-refractivity contribution < 1.29 is 12.6 Å². The summed E-state index contributed by atoms with van der Waals surface area (Å²) in [6, 6.07) is 0. The third-order valence-corrected chi connectivity index (χ3v) is 5.63. The molecule has 0 heterocycles. The van der Waals surface area contributed by atoms with Gasteiger partial charge >= 0.3 is 0 Å². The zero-order chi connectivity index (χ0) is 9.69. The summed E-state index contributed by atoms with van der Waals surface area (Å²) in [5, 5.41) is 0. The van der Waals surface area contributed by atoms with Crippen LogP contribution in [0.15, 0.2) is 0 Å². The molecule has 0 bridgehead atoms. The summed E-state index contributed by atoms with van der Waals surface area (Å²) in [6.45, 7) is 8.21. The Kier molecular flexibility index (Phi) is 6.79. The van der Waals surface area contributed by atoms with Crippen LogP contribution in [-0.2, 0) is 18.0 Å². The van der Waals surface area contributed by atoms with Gasteiger partial charge in [-0.2, -0.15) is 0 Å². The highest BCUT2D eigenvalue weighted by Crippen LogP contribution is 2.28. The van der Waals surface area contributed by atoms with E-state index in [2.05, 4.69) is 0 Å². The van der Waals surface area contributed by atoms with E-state index < -0.39 is 9.63 Å². The summed E-state index contributed by atoms with van der Waals surface area (Å²) in [7, 11) is -3.21. The highest BCUT2D eigenvalue weighted by atomic mass is 32.3. The minimum atomic E-state index is -3.21. The van der Waals surface area contributed by atoms with E-state index in [4.69, 9.17) is 8.37 Å². The van der Waals surface area contributed by atoms with Crippen LogP contribution in [0.25, 0.3) is 0 Å². The van der Waals surface area contributed by atoms with Gasteiger partial charge in [-0.15, -0.1) is 0 Å². The monoisotopic (exact) mass is 213 g/mol. The van der Waals surface area contributed by atoms with Gasteiger partial charge in [-0.25, -0.2) is 4.21 Å². The van der Waals surface area contributed by atoms with E-state index in [9.17, 15) is 4.21 Å². The summed E-state index contributed by atoms with van der Waals surface area (Å²) < 4.78 is 22.9. The molecule has 0 aliphatic heterocycles. The maximum absolute atomic E-state index is 12.3. The molecule has 3 N–H and O–H groups in total. The molecule has 0 aromatic heterocycles. The van der Waals surface area contributed by atoms with E-state index in [1.54, 1.807) is 0 Å². The van der Waals surface area contributed by atoms with Crippen molar-refractivity contribution in [2.24, 2.45) is 0 Å². The SMILES string of the molecule is CCOS(=O)(CC)(CC)OCC.N. The van der Waals surface area contributed by atoms with Gasteiger partial charge in [0, 0.05) is 11.5 Å². The highest BCUT2D eigenvalue weighted by molar-refractivity contribution is 8.11. The molecule has 0 aromatic carbocycles. The van der Waals surface area contributed by atoms with Crippen LogP contribution in [-0.4, -0.2) is 28.9 Å². The number of hydrogen-bond donors (Lipinski definition) is 1. The molecule has 0 saturated heterocycles. The molecule has 0 aliphatic rings. The summed E-state index contributed by atoms with van der Waals surface area (Å²) in [4.78, 5) is 0. The maximum Gasteiger partial charge on any atom is 0.0867 e. The normalized spacial score (nSPS) is 14.3. The van der Waals surface area contributed by atoms with E-state index in [0.29, 0.717) is 24.7 Å². The van der Waals surface area contributed by atoms with Gasteiger partial charge in [0.1, 0.15) is 0 Å². The van der Waals surface area contributed by atoms with Gasteiger partial charge in [0.05, 0.1) is 22.8 Å². The Hall–Kier alpha value is 0.0300. The largest absolute Gasteiger partial charge is 0.344 e. The Morgan fingerprint density at radius 1 is 0.923 bits per heavy atom. The molecule has 0 unspecified atom stereocenters. The third kappa shape index (κ3) is 3.72. The second kappa shape index (κ2) is 5.70. The van der Waals surface area contributed by atoms with E-state index in [-0.39, 0.29) is 6.15 Å². The molecule has 4 nitrogen and oxygen atoms in total. The fraction of sp³-hybridized carbons (Fsp3) is 1.00. The van der Waals surface area contributed by atoms with Crippen molar-refractivity contribution in [1.82, 2.24) is 6.15 Å². The third-order valence-electron chi connectivity index (χ3n) is 1.88. The summed E-state index contributed by atoms with van der Waals surface area (Å²) >= 11 is 0. The first-order chi connectivity index (χ1) is 5.54. The predicted molar refractivity (Wildman–Crippen MR) is 57.5 cm³/mol. The van der Waals surface area contributed by atoms with Crippen molar-refractivity contribution >= 4 is 9.63 Å². The van der Waals surface area contributed by atoms with Crippen LogP contribution in [0, 0.1) is 0 Å². The molecule has 13 heavy (non-hydrogen) atoms. The van der Waals surface area contributed by atoms with Gasteiger partial charge in [0.25, 0.3) is 0 Å². The lowest BCUT2D eigenvalue weighted by atomic mass is 10.9. The Balaban J connectivity index is 0. The van der Waals surface area contributed by atoms with Crippen molar-refractivity contribution in [2.75, 3.05) is 24.7 Å². The predicted octanol–water partition coefficient (Wildman–Crippen LogP) is 1.91. The fourth-order valence-electron chi connectivity index (χ4n) is 1.10. The first kappa shape index (κ1) is 15.5. The Morgan fingerprint density at radius 3 is 1.38 bits per heavy atom. The van der Waals surface area contributed by atoms with Crippen LogP contribution in [0.3, 0.4) is 0 Å². The Labute approximate surface area is 81.4 Å². The first-order valence-corrected chi connectivity index (χ1v) is 6.64. The van der Waals surface area contributed by atoms with Gasteiger partial charge in [0.2, 0.25) is 0 Å². The minimum absolute atomic E-state index is 0. The molecular weight excluding hydrogens is 190 g/mol. The molecule has 0 aliphatic carbocycles. The highest BCUT2D eigenvalue weighted by Gasteiger charge is 2.33. The topological polar surface area (TPSA) is 70.5 Å². The molecule has 0 atom stereocenters. The summed E-state index contributed by atoms with van der Waals surface area (Å²) in [6.07, 6.45) is 0. The zero-order valence-corrected chi connectivity index (χ0v) is 9.99. The van der Waals surface area contributed by atoms with Crippen molar-refractivity contribution in [3.63, 3.8) is 0 Å². The smallest absolute Gasteiger partial charge is 0.0867 e. The van der Waals surface area contributed by atoms with Crippen LogP contribution in [0.1, 0.15) is 27.7 Å². The van der Waals surface area contributed by atoms with Crippen molar-refractivity contribution in [3.8, 4) is 0 Å². The van der Waals surface area contributed by atoms with Gasteiger partial charge in [-0.3, -0.25) is 8.37 Å². The van der Waals surface area contributed by atoms with E-state index >= 15 is 0 Å². The van der Waals surface area contributed by atoms with E-state index in [0.717, 1.165) is 0 Å². The molecule has 84 valence electrons. The molecule has 0 amide bonds. The van der Waals surface area contributed by atoms with Crippen LogP contribution >= 0.6 is 0 Å². The molecule has 0 saturated carbocycles. The average molecular weight is 213 g/mol. The Morgan fingerprint density at radius 2 is 1.23 bits per heavy atom. The van der Waals surface area contributed by atoms with E-state index in [1.165, 1.54) is 0 Å². The average Bonchev–Trinajstić information content (AvgIpc) is 2.06. The molecule has 0 spiro atoms. The van der Waals surface area contributed by atoms with E-state index in [1.807, 2.05) is 27.7 Å². The van der Waals surface area contributed by atoms with Gasteiger partial charge < -0.3 is 6.15 Å². The lowest BCUT2D eigenvalue weighted by Crippen LogP contribution is -2.43. The van der Waals surface area contributed by atoms with Crippen LogP contribution in [0.5, 0.6) is 0 Å². The molecule has 5 heteroatoms. The second-order valence-corrected chi connectivity index (χ2v) is 6.36. The molecular formula is C8H23NO3S. The van der Waals surface area contributed by atoms with Crippen LogP contribution in [0.2, 0.25) is 0 Å². The van der Waals surface area contributed by atoms with Gasteiger partial charge in [-0.05, 0) is 13.8 Å². The standard InChI is InChI=1S/C8H20O3S.H3N/c1-5-10-12(9,7-3,8-4)11-6-2;/h5-8H2,1-4H3;1H3. The number of hydrogen-bond acceptors (Lipinski definition) is 4. The number of rotatable bonds is 6. The molecule has 0 rings (SSSR count). The van der Waals surface area contributed by atoms with Crippen molar-refractivity contribution in [3.05, 3.63) is 0 Å². The van der Waals surface area contributed by atoms with Crippen LogP contribution in [0.4, 0.5) is 0 Å². The summed E-state index contributed by atoms with van der Waals surface area (Å²) in [5.74, 6) is 0.880. The minimum Gasteiger partial charge on any atom is -0.344 e. The lowest BCUT2D eigenvalue weighted by Gasteiger charge is -2.39. The van der Waals surface area contributed by atoms with Gasteiger partial charge in [0.15, 0.2) is 0 Å². The zero-order valence-electron chi connectivity index (χ0n) is 9.17. The maximum atomic E-state index is 12.3. The molecule has 0 aromatic rings. The van der Waals surface area contributed by atoms with Crippen molar-refractivity contribution in [2.45, 2.75) is 27.7 Å². The second-order valence-electron chi connectivity index (χ2n) is 2.51. The molecule has 0 fully saturated rings. The summed E-state index contributed by atoms with van der Waals surface area (Å²) in [5.41, 5.74) is 0. The quantitative estimate of drug-likeness (QED) is 0.731. The molecule has 0 radical (unpaired) electrons. The van der Waals surface area contributed by atoms with Gasteiger partial charge in [-0.1, -0.05) is 13.8 Å². The first-order valence-electron chi connectivity index (χ1n) is 4.48. The van der Waals surface area contributed by atoms with Crippen molar-refractivity contribution in [1.29, 1.82) is 0 Å². The lowest BCUT2D eigenvalue weighted by molar-refractivity contribution is 0.228.